The molecule has 0 spiro atoms. The summed E-state index contributed by atoms with van der Waals surface area (Å²) >= 11 is 0. The average Bonchev–Trinajstić information content (AvgIpc) is 3.58. The van der Waals surface area contributed by atoms with Crippen molar-refractivity contribution < 1.29 is 128 Å². The summed E-state index contributed by atoms with van der Waals surface area (Å²) in [5.74, 6) is -60.0. The van der Waals surface area contributed by atoms with Crippen LogP contribution in [0.2, 0.25) is 0 Å². The maximum absolute atomic E-state index is 14.4. The molecule has 8 nitrogen and oxygen atoms in total. The Morgan fingerprint density at radius 2 is 1.09 bits per heavy atom. The van der Waals surface area contributed by atoms with Crippen LogP contribution in [0.3, 0.4) is 0 Å². The van der Waals surface area contributed by atoms with Crippen molar-refractivity contribution in [3.8, 4) is 0 Å². The first-order chi connectivity index (χ1) is 28.5. The molecule has 0 aromatic heterocycles. The van der Waals surface area contributed by atoms with E-state index in [4.69, 9.17) is 9.47 Å². The van der Waals surface area contributed by atoms with Gasteiger partial charge in [-0.3, -0.25) is 9.69 Å². The van der Waals surface area contributed by atoms with E-state index in [9.17, 15) is 119 Å². The van der Waals surface area contributed by atoms with Crippen LogP contribution in [-0.2, 0) is 43.3 Å². The summed E-state index contributed by atoms with van der Waals surface area (Å²) in [5, 5.41) is 0. The molecule has 0 unspecified atom stereocenters. The van der Waals surface area contributed by atoms with Crippen LogP contribution in [-0.4, -0.2) is 98.2 Å². The molecule has 1 saturated heterocycles. The summed E-state index contributed by atoms with van der Waals surface area (Å²) in [6.45, 7) is -3.20. The largest absolute Gasteiger partial charge is 0.460 e. The summed E-state index contributed by atoms with van der Waals surface area (Å²) in [7, 11) is -5.75. The highest BCUT2D eigenvalue weighted by Crippen LogP contribution is 2.64. The average molecular weight is 1000 g/mol. The van der Waals surface area contributed by atoms with Gasteiger partial charge >= 0.3 is 66.1 Å². The van der Waals surface area contributed by atoms with Crippen LogP contribution in [0.15, 0.2) is 53.4 Å². The van der Waals surface area contributed by atoms with E-state index in [0.717, 1.165) is 4.72 Å². The molecular weight excluding hydrogens is 977 g/mol. The van der Waals surface area contributed by atoms with Crippen LogP contribution < -0.4 is 4.72 Å². The SMILES string of the molecule is O=C(NS(=O)(=O)c1cc(C(F)(F)F)cc(C(F)(F)F)c1)[C@@H]1C[C@@H](OCCCC(F)(F)C(F)(F)C(F)(F)C(F)(F)C(F)(F)C(F)(F)C(F)(F)C(F)(F)F)CN1C(=O)OCc1ccccc1. The third kappa shape index (κ3) is 10.1. The Balaban J connectivity index is 1.85. The number of halogens is 23. The Morgan fingerprint density at radius 1 is 0.641 bits per heavy atom. The first kappa shape index (κ1) is 53.8. The molecule has 1 aliphatic heterocycles. The predicted molar refractivity (Wildman–Crippen MR) is 163 cm³/mol. The van der Waals surface area contributed by atoms with Crippen LogP contribution >= 0.6 is 0 Å². The Labute approximate surface area is 341 Å². The lowest BCUT2D eigenvalue weighted by Gasteiger charge is -2.42. The van der Waals surface area contributed by atoms with Gasteiger partial charge in [-0.05, 0) is 30.2 Å². The van der Waals surface area contributed by atoms with Crippen molar-refractivity contribution >= 4 is 22.0 Å². The van der Waals surface area contributed by atoms with Gasteiger partial charge in [-0.1, -0.05) is 30.3 Å². The van der Waals surface area contributed by atoms with Crippen LogP contribution in [0.4, 0.5) is 106 Å². The molecule has 1 N–H and O–H groups in total. The molecule has 0 saturated carbocycles. The number of sulfonamides is 1. The van der Waals surface area contributed by atoms with Gasteiger partial charge < -0.3 is 9.47 Å². The van der Waals surface area contributed by atoms with Crippen LogP contribution in [0.25, 0.3) is 0 Å². The molecule has 0 bridgehead atoms. The van der Waals surface area contributed by atoms with Crippen molar-refractivity contribution in [2.24, 2.45) is 0 Å². The Kier molecular flexibility index (Phi) is 14.6. The predicted octanol–water partition coefficient (Wildman–Crippen LogP) is 10.1. The zero-order chi connectivity index (χ0) is 49.7. The zero-order valence-electron chi connectivity index (χ0n) is 30.5. The summed E-state index contributed by atoms with van der Waals surface area (Å²) < 4.78 is 348. The molecule has 0 radical (unpaired) electrons. The lowest BCUT2D eigenvalue weighted by Crippen LogP contribution is -2.74. The van der Waals surface area contributed by atoms with Gasteiger partial charge in [0, 0.05) is 19.4 Å². The van der Waals surface area contributed by atoms with E-state index in [1.54, 1.807) is 0 Å². The van der Waals surface area contributed by atoms with Crippen molar-refractivity contribution in [3.63, 3.8) is 0 Å². The highest BCUT2D eigenvalue weighted by molar-refractivity contribution is 7.90. The number of benzene rings is 2. The third-order valence-corrected chi connectivity index (χ3v) is 10.2. The summed E-state index contributed by atoms with van der Waals surface area (Å²) in [6, 6.07) is 3.62. The van der Waals surface area contributed by atoms with E-state index in [2.05, 4.69) is 0 Å². The van der Waals surface area contributed by atoms with Gasteiger partial charge in [-0.15, -0.1) is 0 Å². The van der Waals surface area contributed by atoms with Gasteiger partial charge in [0.25, 0.3) is 15.9 Å². The number of nitrogens with one attached hydrogen (secondary N) is 1. The zero-order valence-corrected chi connectivity index (χ0v) is 31.3. The van der Waals surface area contributed by atoms with Crippen molar-refractivity contribution in [1.29, 1.82) is 0 Å². The highest BCUT2D eigenvalue weighted by atomic mass is 32.2. The maximum atomic E-state index is 14.4. The molecule has 364 valence electrons. The second kappa shape index (κ2) is 17.4. The van der Waals surface area contributed by atoms with Gasteiger partial charge in [-0.25, -0.2) is 17.9 Å². The number of carbonyl (C=O) groups is 2. The maximum Gasteiger partial charge on any atom is 0.460 e. The van der Waals surface area contributed by atoms with Gasteiger partial charge in [-0.2, -0.15) is 101 Å². The van der Waals surface area contributed by atoms with Crippen LogP contribution in [0.5, 0.6) is 0 Å². The second-order valence-electron chi connectivity index (χ2n) is 13.4. The molecule has 3 rings (SSSR count). The fourth-order valence-electron chi connectivity index (χ4n) is 5.41. The van der Waals surface area contributed by atoms with Crippen molar-refractivity contribution in [2.45, 2.75) is 103 Å². The van der Waals surface area contributed by atoms with Crippen LogP contribution in [0, 0.1) is 0 Å². The topological polar surface area (TPSA) is 102 Å². The number of hydrogen-bond donors (Lipinski definition) is 1. The Hall–Kier alpha value is -4.52. The lowest BCUT2D eigenvalue weighted by atomic mass is 9.88. The van der Waals surface area contributed by atoms with Crippen LogP contribution in [0.1, 0.15) is 36.0 Å². The molecule has 0 aliphatic carbocycles. The Morgan fingerprint density at radius 3 is 1.55 bits per heavy atom. The monoisotopic (exact) mass is 1000 g/mol. The van der Waals surface area contributed by atoms with E-state index in [-0.39, 0.29) is 22.6 Å². The number of rotatable bonds is 16. The molecule has 2 aromatic rings. The first-order valence-corrected chi connectivity index (χ1v) is 18.2. The molecule has 2 aromatic carbocycles. The number of nitrogens with zero attached hydrogens (tertiary/aromatic N) is 1. The minimum Gasteiger partial charge on any atom is -0.445 e. The molecule has 64 heavy (non-hydrogen) atoms. The molecule has 1 aliphatic rings. The molecular formula is C32H23F23N2O6S. The molecule has 2 atom stereocenters. The normalized spacial score (nSPS) is 18.0. The number of amides is 2. The van der Waals surface area contributed by atoms with Crippen molar-refractivity contribution in [2.75, 3.05) is 13.2 Å². The molecule has 2 amide bonds. The van der Waals surface area contributed by atoms with Gasteiger partial charge in [0.2, 0.25) is 0 Å². The van der Waals surface area contributed by atoms with E-state index in [0.29, 0.717) is 0 Å². The number of ether oxygens (including phenoxy) is 2. The second-order valence-corrected chi connectivity index (χ2v) is 15.1. The number of carbonyl (C=O) groups excluding carboxylic acids is 2. The summed E-state index contributed by atoms with van der Waals surface area (Å²) in [5.41, 5.74) is -4.13. The summed E-state index contributed by atoms with van der Waals surface area (Å²) in [4.78, 5) is 24.6. The lowest BCUT2D eigenvalue weighted by molar-refractivity contribution is -0.461. The van der Waals surface area contributed by atoms with Crippen molar-refractivity contribution in [1.82, 2.24) is 9.62 Å². The Bertz CT molecular complexity index is 2080. The molecule has 32 heteroatoms. The minimum atomic E-state index is -8.84. The van der Waals surface area contributed by atoms with Gasteiger partial charge in [0.05, 0.1) is 28.7 Å². The van der Waals surface area contributed by atoms with E-state index < -0.39 is 155 Å². The number of hydrogen-bond acceptors (Lipinski definition) is 6. The van der Waals surface area contributed by atoms with Crippen molar-refractivity contribution in [3.05, 3.63) is 65.2 Å². The molecule has 1 fully saturated rings. The molecule has 1 heterocycles. The minimum absolute atomic E-state index is 0.231. The highest BCUT2D eigenvalue weighted by Gasteiger charge is 2.95. The first-order valence-electron chi connectivity index (χ1n) is 16.7. The number of likely N-dealkylation sites (tertiary alicyclic amines) is 1. The van der Waals surface area contributed by atoms with Gasteiger partial charge in [0.1, 0.15) is 12.6 Å². The van der Waals surface area contributed by atoms with E-state index >= 15 is 0 Å². The fraction of sp³-hybridized carbons (Fsp3) is 0.562. The summed E-state index contributed by atoms with van der Waals surface area (Å²) in [6.07, 6.45) is -28.4. The fourth-order valence-corrected chi connectivity index (χ4v) is 6.49. The standard InChI is InChI=1S/C32H23F23N2O6S/c33-23(34,26(41,42)27(43,44)28(45,46)29(47,48)30(49,50)31(51,52)32(53,54)55)7-4-8-62-18-12-20(57(13-18)22(59)63-14-15-5-2-1-3-6-15)21(58)56-64(60,61)19-10-16(24(35,36)37)9-17(11-19)25(38,39)40/h1-3,5-6,9-11,18,20H,4,7-8,12-14H2,(H,56,58)/t18-,20+/m1/s1. The van der Waals surface area contributed by atoms with E-state index in [1.807, 2.05) is 0 Å². The van der Waals surface area contributed by atoms with E-state index in [1.165, 1.54) is 30.3 Å². The smallest absolute Gasteiger partial charge is 0.445 e. The van der Waals surface area contributed by atoms with Gasteiger partial charge in [0.15, 0.2) is 0 Å². The third-order valence-electron chi connectivity index (χ3n) is 8.89. The number of alkyl halides is 23. The quantitative estimate of drug-likeness (QED) is 0.133.